The van der Waals surface area contributed by atoms with Crippen LogP contribution in [-0.4, -0.2) is 41.9 Å². The second-order valence-electron chi connectivity index (χ2n) is 4.66. The Morgan fingerprint density at radius 2 is 1.75 bits per heavy atom. The highest BCUT2D eigenvalue weighted by Crippen LogP contribution is 2.05. The number of nitrogens with zero attached hydrogens (tertiary/aromatic N) is 2. The van der Waals surface area contributed by atoms with E-state index >= 15 is 0 Å². The van der Waals surface area contributed by atoms with Gasteiger partial charge in [-0.05, 0) is 12.5 Å². The van der Waals surface area contributed by atoms with Crippen LogP contribution in [0.2, 0.25) is 0 Å². The summed E-state index contributed by atoms with van der Waals surface area (Å²) >= 11 is 0. The van der Waals surface area contributed by atoms with Crippen LogP contribution in [0.3, 0.4) is 0 Å². The highest BCUT2D eigenvalue weighted by molar-refractivity contribution is 5.78. The maximum Gasteiger partial charge on any atom is 0.237 e. The maximum absolute atomic E-state index is 12.4. The molecule has 3 heteroatoms. The molecule has 0 saturated carbocycles. The van der Waals surface area contributed by atoms with E-state index in [1.165, 1.54) is 0 Å². The van der Waals surface area contributed by atoms with Gasteiger partial charge in [-0.3, -0.25) is 9.69 Å². The third-order valence-electron chi connectivity index (χ3n) is 3.08. The molecule has 1 aromatic rings. The third-order valence-corrected chi connectivity index (χ3v) is 3.08. The molecule has 1 rings (SSSR count). The maximum atomic E-state index is 12.4. The largest absolute Gasteiger partial charge is 0.338 e. The summed E-state index contributed by atoms with van der Waals surface area (Å²) in [6.07, 6.45) is 3.62. The first-order valence-corrected chi connectivity index (χ1v) is 6.97. The fraction of sp³-hybridized carbons (Fsp3) is 0.353. The van der Waals surface area contributed by atoms with Gasteiger partial charge in [0.25, 0.3) is 0 Å². The lowest BCUT2D eigenvalue weighted by molar-refractivity contribution is -0.132. The summed E-state index contributed by atoms with van der Waals surface area (Å²) < 4.78 is 0. The first-order chi connectivity index (χ1) is 9.71. The molecule has 0 fully saturated rings. The predicted octanol–water partition coefficient (Wildman–Crippen LogP) is 2.71. The highest BCUT2D eigenvalue weighted by atomic mass is 16.2. The number of carbonyl (C=O) groups is 1. The van der Waals surface area contributed by atoms with Crippen molar-refractivity contribution >= 4 is 5.91 Å². The number of benzene rings is 1. The van der Waals surface area contributed by atoms with Crippen LogP contribution >= 0.6 is 0 Å². The van der Waals surface area contributed by atoms with E-state index in [1.807, 2.05) is 59.2 Å². The summed E-state index contributed by atoms with van der Waals surface area (Å²) in [5.41, 5.74) is 1.15. The zero-order valence-electron chi connectivity index (χ0n) is 12.3. The Balaban J connectivity index is 2.61. The number of carbonyl (C=O) groups excluding carboxylic acids is 1. The van der Waals surface area contributed by atoms with Gasteiger partial charge in [-0.25, -0.2) is 0 Å². The van der Waals surface area contributed by atoms with Crippen LogP contribution in [0.1, 0.15) is 12.5 Å². The average molecular weight is 272 g/mol. The fourth-order valence-corrected chi connectivity index (χ4v) is 2.04. The van der Waals surface area contributed by atoms with Crippen molar-refractivity contribution in [2.45, 2.75) is 13.5 Å². The molecule has 0 heterocycles. The van der Waals surface area contributed by atoms with Gasteiger partial charge in [0, 0.05) is 26.2 Å². The summed E-state index contributed by atoms with van der Waals surface area (Å²) in [5.74, 6) is 0.139. The van der Waals surface area contributed by atoms with E-state index in [-0.39, 0.29) is 5.91 Å². The molecule has 1 amide bonds. The smallest absolute Gasteiger partial charge is 0.237 e. The monoisotopic (exact) mass is 272 g/mol. The quantitative estimate of drug-likeness (QED) is 0.645. The lowest BCUT2D eigenvalue weighted by atomic mass is 10.2. The van der Waals surface area contributed by atoms with Crippen molar-refractivity contribution < 1.29 is 4.79 Å². The fourth-order valence-electron chi connectivity index (χ4n) is 2.04. The van der Waals surface area contributed by atoms with Crippen molar-refractivity contribution in [2.75, 3.05) is 26.2 Å². The molecular weight excluding hydrogens is 248 g/mol. The Hall–Kier alpha value is -1.87. The van der Waals surface area contributed by atoms with Gasteiger partial charge in [0.2, 0.25) is 5.91 Å². The number of amides is 1. The molecule has 0 radical (unpaired) electrons. The molecule has 0 aliphatic carbocycles. The van der Waals surface area contributed by atoms with Gasteiger partial charge in [-0.1, -0.05) is 42.5 Å². The molecule has 0 aliphatic heterocycles. The molecule has 0 aliphatic rings. The Kier molecular flexibility index (Phi) is 7.36. The molecule has 3 nitrogen and oxygen atoms in total. The van der Waals surface area contributed by atoms with E-state index in [0.29, 0.717) is 32.7 Å². The van der Waals surface area contributed by atoms with Crippen molar-refractivity contribution in [2.24, 2.45) is 0 Å². The minimum absolute atomic E-state index is 0.139. The molecule has 20 heavy (non-hydrogen) atoms. The summed E-state index contributed by atoms with van der Waals surface area (Å²) in [6, 6.07) is 10.1. The van der Waals surface area contributed by atoms with Gasteiger partial charge in [0.15, 0.2) is 0 Å². The van der Waals surface area contributed by atoms with E-state index in [4.69, 9.17) is 0 Å². The van der Waals surface area contributed by atoms with Crippen LogP contribution in [0.15, 0.2) is 55.6 Å². The van der Waals surface area contributed by atoms with Gasteiger partial charge in [0.1, 0.15) is 0 Å². The van der Waals surface area contributed by atoms with E-state index in [1.54, 1.807) is 0 Å². The summed E-state index contributed by atoms with van der Waals surface area (Å²) in [4.78, 5) is 16.2. The second kappa shape index (κ2) is 9.10. The lowest BCUT2D eigenvalue weighted by Crippen LogP contribution is -2.40. The van der Waals surface area contributed by atoms with E-state index in [0.717, 1.165) is 5.56 Å². The topological polar surface area (TPSA) is 23.6 Å². The third kappa shape index (κ3) is 5.41. The lowest BCUT2D eigenvalue weighted by Gasteiger charge is -2.25. The zero-order chi connectivity index (χ0) is 14.8. The van der Waals surface area contributed by atoms with Gasteiger partial charge < -0.3 is 4.90 Å². The van der Waals surface area contributed by atoms with Crippen LogP contribution in [0, 0.1) is 0 Å². The van der Waals surface area contributed by atoms with Crippen LogP contribution in [-0.2, 0) is 11.3 Å². The van der Waals surface area contributed by atoms with Crippen LogP contribution < -0.4 is 0 Å². The standard InChI is InChI=1S/C17H24N2O/c1-4-12-18(13-5-2)15-17(20)19(6-3)14-16-10-8-7-9-11-16/h4-5,7-11H,1-2,6,12-15H2,3H3. The Morgan fingerprint density at radius 3 is 2.25 bits per heavy atom. The average Bonchev–Trinajstić information content (AvgIpc) is 2.46. The summed E-state index contributed by atoms with van der Waals surface area (Å²) in [5, 5.41) is 0. The van der Waals surface area contributed by atoms with Crippen molar-refractivity contribution in [3.63, 3.8) is 0 Å². The first kappa shape index (κ1) is 16.2. The highest BCUT2D eigenvalue weighted by Gasteiger charge is 2.15. The van der Waals surface area contributed by atoms with E-state index in [9.17, 15) is 4.79 Å². The predicted molar refractivity (Wildman–Crippen MR) is 84.4 cm³/mol. The van der Waals surface area contributed by atoms with Crippen LogP contribution in [0.25, 0.3) is 0 Å². The molecule has 0 bridgehead atoms. The van der Waals surface area contributed by atoms with E-state index < -0.39 is 0 Å². The zero-order valence-corrected chi connectivity index (χ0v) is 12.3. The molecule has 0 N–H and O–H groups in total. The van der Waals surface area contributed by atoms with Crippen LogP contribution in [0.4, 0.5) is 0 Å². The van der Waals surface area contributed by atoms with Crippen molar-refractivity contribution in [3.05, 3.63) is 61.2 Å². The Labute approximate surface area is 122 Å². The summed E-state index contributed by atoms with van der Waals surface area (Å²) in [7, 11) is 0. The number of rotatable bonds is 9. The minimum Gasteiger partial charge on any atom is -0.338 e. The van der Waals surface area contributed by atoms with Crippen molar-refractivity contribution in [1.29, 1.82) is 0 Å². The first-order valence-electron chi connectivity index (χ1n) is 6.97. The Bertz CT molecular complexity index is 418. The Morgan fingerprint density at radius 1 is 1.15 bits per heavy atom. The van der Waals surface area contributed by atoms with Gasteiger partial charge >= 0.3 is 0 Å². The van der Waals surface area contributed by atoms with E-state index in [2.05, 4.69) is 13.2 Å². The van der Waals surface area contributed by atoms with Crippen molar-refractivity contribution in [3.8, 4) is 0 Å². The summed E-state index contributed by atoms with van der Waals surface area (Å²) in [6.45, 7) is 12.6. The van der Waals surface area contributed by atoms with Gasteiger partial charge in [-0.2, -0.15) is 0 Å². The SMILES string of the molecule is C=CCN(CC=C)CC(=O)N(CC)Cc1ccccc1. The molecule has 0 aromatic heterocycles. The molecule has 1 aromatic carbocycles. The molecule has 0 saturated heterocycles. The number of hydrogen-bond donors (Lipinski definition) is 0. The van der Waals surface area contributed by atoms with Gasteiger partial charge in [0.05, 0.1) is 6.54 Å². The second-order valence-corrected chi connectivity index (χ2v) is 4.66. The van der Waals surface area contributed by atoms with Crippen LogP contribution in [0.5, 0.6) is 0 Å². The molecule has 0 atom stereocenters. The van der Waals surface area contributed by atoms with Crippen molar-refractivity contribution in [1.82, 2.24) is 9.80 Å². The molecule has 0 unspecified atom stereocenters. The molecule has 0 spiro atoms. The minimum atomic E-state index is 0.139. The molecular formula is C17H24N2O. The number of hydrogen-bond acceptors (Lipinski definition) is 2. The number of likely N-dealkylation sites (N-methyl/N-ethyl adjacent to an activating group) is 1. The normalized spacial score (nSPS) is 10.3. The van der Waals surface area contributed by atoms with Gasteiger partial charge in [-0.15, -0.1) is 13.2 Å². The molecule has 108 valence electrons.